The van der Waals surface area contributed by atoms with Gasteiger partial charge < -0.3 is 14.4 Å². The van der Waals surface area contributed by atoms with Gasteiger partial charge in [0.05, 0.1) is 19.1 Å². The van der Waals surface area contributed by atoms with Crippen molar-refractivity contribution >= 4 is 21.4 Å². The van der Waals surface area contributed by atoms with E-state index in [1.54, 1.807) is 50.6 Å². The molecule has 0 aliphatic rings. The lowest BCUT2D eigenvalue weighted by atomic mass is 10.1. The van der Waals surface area contributed by atoms with E-state index in [1.807, 2.05) is 49.3 Å². The smallest absolute Gasteiger partial charge is 0.261 e. The molecule has 0 heterocycles. The molecular formula is C22H24N2O4S. The Hall–Kier alpha value is -3.19. The summed E-state index contributed by atoms with van der Waals surface area (Å²) in [7, 11) is 3.27. The first-order valence-corrected chi connectivity index (χ1v) is 10.4. The van der Waals surface area contributed by atoms with Gasteiger partial charge in [-0.25, -0.2) is 8.42 Å². The second-order valence-corrected chi connectivity index (χ2v) is 8.33. The largest absolute Gasteiger partial charge is 0.493 e. The van der Waals surface area contributed by atoms with Crippen LogP contribution >= 0.6 is 0 Å². The molecule has 0 bridgehead atoms. The van der Waals surface area contributed by atoms with Crippen LogP contribution in [0.4, 0.5) is 11.4 Å². The summed E-state index contributed by atoms with van der Waals surface area (Å²) in [4.78, 5) is 2.13. The van der Waals surface area contributed by atoms with Crippen molar-refractivity contribution < 1.29 is 17.9 Å². The summed E-state index contributed by atoms with van der Waals surface area (Å²) < 4.78 is 39.0. The minimum atomic E-state index is -3.72. The van der Waals surface area contributed by atoms with Gasteiger partial charge >= 0.3 is 0 Å². The Kier molecular flexibility index (Phi) is 5.98. The van der Waals surface area contributed by atoms with Crippen LogP contribution in [0.2, 0.25) is 0 Å². The van der Waals surface area contributed by atoms with Gasteiger partial charge in [-0.3, -0.25) is 4.72 Å². The number of nitrogens with zero attached hydrogens (tertiary/aromatic N) is 1. The first kappa shape index (κ1) is 20.5. The van der Waals surface area contributed by atoms with Crippen molar-refractivity contribution in [3.63, 3.8) is 0 Å². The lowest BCUT2D eigenvalue weighted by molar-refractivity contribution is 0.355. The van der Waals surface area contributed by atoms with Crippen LogP contribution in [0.15, 0.2) is 71.6 Å². The first-order chi connectivity index (χ1) is 13.8. The van der Waals surface area contributed by atoms with E-state index in [-0.39, 0.29) is 4.90 Å². The molecule has 6 nitrogen and oxygen atoms in total. The number of benzene rings is 3. The highest BCUT2D eigenvalue weighted by Gasteiger charge is 2.16. The van der Waals surface area contributed by atoms with Crippen LogP contribution in [0.25, 0.3) is 11.1 Å². The van der Waals surface area contributed by atoms with Crippen LogP contribution in [-0.4, -0.2) is 36.7 Å². The minimum absolute atomic E-state index is 0.182. The molecule has 7 heteroatoms. The molecule has 1 N–H and O–H groups in total. The molecule has 0 fully saturated rings. The van der Waals surface area contributed by atoms with Crippen molar-refractivity contribution in [3.8, 4) is 22.6 Å². The zero-order valence-corrected chi connectivity index (χ0v) is 17.7. The highest BCUT2D eigenvalue weighted by molar-refractivity contribution is 7.92. The highest BCUT2D eigenvalue weighted by atomic mass is 32.2. The molecule has 0 aliphatic carbocycles. The first-order valence-electron chi connectivity index (χ1n) is 8.97. The number of anilines is 2. The van der Waals surface area contributed by atoms with E-state index in [0.29, 0.717) is 17.2 Å². The van der Waals surface area contributed by atoms with Crippen molar-refractivity contribution in [2.24, 2.45) is 0 Å². The van der Waals surface area contributed by atoms with Gasteiger partial charge in [0, 0.05) is 25.5 Å². The van der Waals surface area contributed by atoms with E-state index in [0.717, 1.165) is 16.8 Å². The molecule has 0 saturated heterocycles. The lowest BCUT2D eigenvalue weighted by Crippen LogP contribution is -2.13. The molecule has 0 atom stereocenters. The highest BCUT2D eigenvalue weighted by Crippen LogP contribution is 2.33. The van der Waals surface area contributed by atoms with E-state index < -0.39 is 10.0 Å². The standard InChI is InChI=1S/C22H24N2O4S/c1-24(2)19-11-9-18(10-12-19)23-29(25,26)20-7-5-6-16(14-20)17-8-13-21(27-3)22(15-17)28-4/h5-15,23H,1-4H3. The van der Waals surface area contributed by atoms with E-state index in [1.165, 1.54) is 0 Å². The van der Waals surface area contributed by atoms with Gasteiger partial charge in [-0.05, 0) is 59.7 Å². The molecule has 152 valence electrons. The molecule has 0 radical (unpaired) electrons. The number of nitrogens with one attached hydrogen (secondary N) is 1. The summed E-state index contributed by atoms with van der Waals surface area (Å²) in [5, 5.41) is 0. The van der Waals surface area contributed by atoms with Gasteiger partial charge in [0.1, 0.15) is 0 Å². The van der Waals surface area contributed by atoms with E-state index in [4.69, 9.17) is 9.47 Å². The maximum Gasteiger partial charge on any atom is 0.261 e. The topological polar surface area (TPSA) is 67.9 Å². The Balaban J connectivity index is 1.90. The van der Waals surface area contributed by atoms with E-state index in [9.17, 15) is 8.42 Å². The van der Waals surface area contributed by atoms with Gasteiger partial charge in [0.15, 0.2) is 11.5 Å². The normalized spacial score (nSPS) is 11.0. The third-order valence-electron chi connectivity index (χ3n) is 4.50. The van der Waals surface area contributed by atoms with Gasteiger partial charge in [0.2, 0.25) is 0 Å². The van der Waals surface area contributed by atoms with E-state index >= 15 is 0 Å². The second kappa shape index (κ2) is 8.45. The molecule has 0 spiro atoms. The van der Waals surface area contributed by atoms with Crippen LogP contribution in [0.5, 0.6) is 11.5 Å². The summed E-state index contributed by atoms with van der Waals surface area (Å²) in [6.07, 6.45) is 0. The number of hydrogen-bond acceptors (Lipinski definition) is 5. The predicted molar refractivity (Wildman–Crippen MR) is 117 cm³/mol. The van der Waals surface area contributed by atoms with Crippen LogP contribution < -0.4 is 19.1 Å². The predicted octanol–water partition coefficient (Wildman–Crippen LogP) is 4.24. The lowest BCUT2D eigenvalue weighted by Gasteiger charge is -2.14. The van der Waals surface area contributed by atoms with Crippen LogP contribution in [-0.2, 0) is 10.0 Å². The molecule has 0 aliphatic heterocycles. The number of ether oxygens (including phenoxy) is 2. The van der Waals surface area contributed by atoms with Crippen molar-refractivity contribution in [1.82, 2.24) is 0 Å². The Morgan fingerprint density at radius 1 is 0.793 bits per heavy atom. The van der Waals surface area contributed by atoms with Crippen LogP contribution in [0, 0.1) is 0 Å². The summed E-state index contributed by atoms with van der Waals surface area (Å²) in [6, 6.07) is 19.4. The fourth-order valence-corrected chi connectivity index (χ4v) is 4.00. The van der Waals surface area contributed by atoms with Crippen LogP contribution in [0.3, 0.4) is 0 Å². The molecule has 3 rings (SSSR count). The second-order valence-electron chi connectivity index (χ2n) is 6.64. The SMILES string of the molecule is COc1ccc(-c2cccc(S(=O)(=O)Nc3ccc(N(C)C)cc3)c2)cc1OC. The third-order valence-corrected chi connectivity index (χ3v) is 5.88. The zero-order valence-electron chi connectivity index (χ0n) is 16.8. The fraction of sp³-hybridized carbons (Fsp3) is 0.182. The maximum absolute atomic E-state index is 12.9. The fourth-order valence-electron chi connectivity index (χ4n) is 2.90. The Labute approximate surface area is 171 Å². The van der Waals surface area contributed by atoms with Crippen molar-refractivity contribution in [3.05, 3.63) is 66.7 Å². The molecule has 0 amide bonds. The quantitative estimate of drug-likeness (QED) is 0.629. The number of hydrogen-bond donors (Lipinski definition) is 1. The average Bonchev–Trinajstić information content (AvgIpc) is 2.73. The molecule has 29 heavy (non-hydrogen) atoms. The number of sulfonamides is 1. The van der Waals surface area contributed by atoms with Gasteiger partial charge in [-0.15, -0.1) is 0 Å². The minimum Gasteiger partial charge on any atom is -0.493 e. The molecule has 0 unspecified atom stereocenters. The monoisotopic (exact) mass is 412 g/mol. The Morgan fingerprint density at radius 2 is 1.45 bits per heavy atom. The molecular weight excluding hydrogens is 388 g/mol. The third kappa shape index (κ3) is 4.63. The Bertz CT molecular complexity index is 1090. The van der Waals surface area contributed by atoms with Gasteiger partial charge in [-0.1, -0.05) is 18.2 Å². The number of rotatable bonds is 7. The Morgan fingerprint density at radius 3 is 2.07 bits per heavy atom. The molecule has 3 aromatic rings. The molecule has 0 saturated carbocycles. The summed E-state index contributed by atoms with van der Waals surface area (Å²) >= 11 is 0. The number of methoxy groups -OCH3 is 2. The molecule has 0 aromatic heterocycles. The van der Waals surface area contributed by atoms with Crippen molar-refractivity contribution in [2.45, 2.75) is 4.90 Å². The van der Waals surface area contributed by atoms with Crippen molar-refractivity contribution in [1.29, 1.82) is 0 Å². The summed E-state index contributed by atoms with van der Waals surface area (Å²) in [5.74, 6) is 1.19. The zero-order chi connectivity index (χ0) is 21.0. The maximum atomic E-state index is 12.9. The van der Waals surface area contributed by atoms with Crippen LogP contribution in [0.1, 0.15) is 0 Å². The van der Waals surface area contributed by atoms with Gasteiger partial charge in [0.25, 0.3) is 10.0 Å². The summed E-state index contributed by atoms with van der Waals surface area (Å²) in [5.41, 5.74) is 3.09. The van der Waals surface area contributed by atoms with E-state index in [2.05, 4.69) is 4.72 Å². The summed E-state index contributed by atoms with van der Waals surface area (Å²) in [6.45, 7) is 0. The van der Waals surface area contributed by atoms with Gasteiger partial charge in [-0.2, -0.15) is 0 Å². The average molecular weight is 413 g/mol. The molecule has 3 aromatic carbocycles. The van der Waals surface area contributed by atoms with Crippen molar-refractivity contribution in [2.75, 3.05) is 37.9 Å².